The van der Waals surface area contributed by atoms with Crippen LogP contribution in [-0.4, -0.2) is 10.4 Å². The molecule has 0 saturated heterocycles. The van der Waals surface area contributed by atoms with E-state index in [-0.39, 0.29) is 5.75 Å². The number of rotatable bonds is 2. The summed E-state index contributed by atoms with van der Waals surface area (Å²) < 4.78 is 0. The number of hydrogen-bond acceptors (Lipinski definition) is 1. The van der Waals surface area contributed by atoms with Gasteiger partial charge in [-0.25, -0.2) is 0 Å². The smallest absolute Gasteiger partial charge is 0.115 e. The second kappa shape index (κ2) is 3.98. The first-order valence-electron chi connectivity index (χ1n) is 3.27. The third-order valence-corrected chi connectivity index (χ3v) is 2.16. The molecular formula is C8H8BrClO. The van der Waals surface area contributed by atoms with Crippen LogP contribution in [0.5, 0.6) is 5.75 Å². The Morgan fingerprint density at radius 2 is 2.18 bits per heavy atom. The molecular weight excluding hydrogens is 227 g/mol. The van der Waals surface area contributed by atoms with Gasteiger partial charge in [0.1, 0.15) is 5.75 Å². The van der Waals surface area contributed by atoms with Gasteiger partial charge in [0.15, 0.2) is 0 Å². The van der Waals surface area contributed by atoms with Crippen LogP contribution in [0.2, 0.25) is 5.02 Å². The van der Waals surface area contributed by atoms with Crippen molar-refractivity contribution in [2.24, 2.45) is 0 Å². The number of benzene rings is 1. The molecule has 0 atom stereocenters. The number of aromatic hydroxyl groups is 1. The van der Waals surface area contributed by atoms with Crippen molar-refractivity contribution in [2.75, 3.05) is 5.33 Å². The summed E-state index contributed by atoms with van der Waals surface area (Å²) in [4.78, 5) is 0. The van der Waals surface area contributed by atoms with E-state index in [9.17, 15) is 0 Å². The van der Waals surface area contributed by atoms with Crippen LogP contribution in [0.3, 0.4) is 0 Å². The molecule has 1 nitrogen and oxygen atoms in total. The molecule has 60 valence electrons. The fraction of sp³-hybridized carbons (Fsp3) is 0.250. The molecule has 1 rings (SSSR count). The van der Waals surface area contributed by atoms with Crippen LogP contribution in [0.25, 0.3) is 0 Å². The molecule has 0 amide bonds. The summed E-state index contributed by atoms with van der Waals surface area (Å²) in [6, 6.07) is 4.97. The molecule has 0 heterocycles. The maximum atomic E-state index is 9.09. The van der Waals surface area contributed by atoms with Crippen LogP contribution in [-0.2, 0) is 6.42 Å². The van der Waals surface area contributed by atoms with Crippen molar-refractivity contribution in [2.45, 2.75) is 6.42 Å². The van der Waals surface area contributed by atoms with Gasteiger partial charge in [0, 0.05) is 10.4 Å². The van der Waals surface area contributed by atoms with Gasteiger partial charge in [0.05, 0.1) is 0 Å². The lowest BCUT2D eigenvalue weighted by molar-refractivity contribution is 0.474. The Morgan fingerprint density at radius 3 is 2.82 bits per heavy atom. The molecule has 1 aromatic rings. The number of phenols is 1. The maximum Gasteiger partial charge on any atom is 0.115 e. The van der Waals surface area contributed by atoms with E-state index in [4.69, 9.17) is 16.7 Å². The first kappa shape index (κ1) is 8.88. The highest BCUT2D eigenvalue weighted by Gasteiger charge is 1.99. The molecule has 0 aromatic heterocycles. The first-order chi connectivity index (χ1) is 5.24. The molecule has 11 heavy (non-hydrogen) atoms. The Balaban J connectivity index is 2.93. The fourth-order valence-corrected chi connectivity index (χ4v) is 1.49. The van der Waals surface area contributed by atoms with Gasteiger partial charge in [-0.15, -0.1) is 0 Å². The highest BCUT2D eigenvalue weighted by molar-refractivity contribution is 9.09. The van der Waals surface area contributed by atoms with E-state index < -0.39 is 0 Å². The van der Waals surface area contributed by atoms with Gasteiger partial charge in [0.2, 0.25) is 0 Å². The van der Waals surface area contributed by atoms with E-state index in [0.717, 1.165) is 17.3 Å². The van der Waals surface area contributed by atoms with Crippen LogP contribution in [0.15, 0.2) is 18.2 Å². The zero-order valence-electron chi connectivity index (χ0n) is 5.85. The molecule has 0 bridgehead atoms. The summed E-state index contributed by atoms with van der Waals surface area (Å²) in [7, 11) is 0. The SMILES string of the molecule is Oc1ccc(Cl)c(CCBr)c1. The van der Waals surface area contributed by atoms with Crippen LogP contribution >= 0.6 is 27.5 Å². The third-order valence-electron chi connectivity index (χ3n) is 1.39. The van der Waals surface area contributed by atoms with Gasteiger partial charge >= 0.3 is 0 Å². The zero-order chi connectivity index (χ0) is 8.27. The monoisotopic (exact) mass is 234 g/mol. The molecule has 1 aromatic carbocycles. The van der Waals surface area contributed by atoms with Gasteiger partial charge in [-0.3, -0.25) is 0 Å². The molecule has 0 spiro atoms. The number of phenolic OH excluding ortho intramolecular Hbond substituents is 1. The van der Waals surface area contributed by atoms with Gasteiger partial charge in [-0.05, 0) is 30.2 Å². The number of halogens is 2. The second-order valence-electron chi connectivity index (χ2n) is 2.21. The molecule has 0 aliphatic heterocycles. The van der Waals surface area contributed by atoms with E-state index in [1.54, 1.807) is 18.2 Å². The number of aryl methyl sites for hydroxylation is 1. The van der Waals surface area contributed by atoms with Gasteiger partial charge in [-0.1, -0.05) is 27.5 Å². The van der Waals surface area contributed by atoms with Crippen LogP contribution in [0.1, 0.15) is 5.56 Å². The van der Waals surface area contributed by atoms with Crippen molar-refractivity contribution in [3.63, 3.8) is 0 Å². The topological polar surface area (TPSA) is 20.2 Å². The van der Waals surface area contributed by atoms with Crippen molar-refractivity contribution in [3.8, 4) is 5.75 Å². The summed E-state index contributed by atoms with van der Waals surface area (Å²) in [6.45, 7) is 0. The Bertz CT molecular complexity index is 250. The largest absolute Gasteiger partial charge is 0.508 e. The summed E-state index contributed by atoms with van der Waals surface area (Å²) in [6.07, 6.45) is 0.841. The average Bonchev–Trinajstić information content (AvgIpc) is 1.98. The normalized spacial score (nSPS) is 10.0. The van der Waals surface area contributed by atoms with Gasteiger partial charge < -0.3 is 5.11 Å². The molecule has 3 heteroatoms. The minimum Gasteiger partial charge on any atom is -0.508 e. The van der Waals surface area contributed by atoms with E-state index in [2.05, 4.69) is 15.9 Å². The first-order valence-corrected chi connectivity index (χ1v) is 4.77. The Hall–Kier alpha value is -0.210. The third kappa shape index (κ3) is 2.38. The minimum absolute atomic E-state index is 0.269. The van der Waals surface area contributed by atoms with E-state index >= 15 is 0 Å². The van der Waals surface area contributed by atoms with E-state index in [0.29, 0.717) is 5.02 Å². The quantitative estimate of drug-likeness (QED) is 0.782. The second-order valence-corrected chi connectivity index (χ2v) is 3.41. The van der Waals surface area contributed by atoms with Crippen molar-refractivity contribution in [3.05, 3.63) is 28.8 Å². The van der Waals surface area contributed by atoms with Crippen LogP contribution < -0.4 is 0 Å². The minimum atomic E-state index is 0.269. The molecule has 0 aliphatic carbocycles. The molecule has 0 fully saturated rings. The number of hydrogen-bond donors (Lipinski definition) is 1. The van der Waals surface area contributed by atoms with Crippen molar-refractivity contribution < 1.29 is 5.11 Å². The Morgan fingerprint density at radius 1 is 1.45 bits per heavy atom. The molecule has 0 aliphatic rings. The standard InChI is InChI=1S/C8H8BrClO/c9-4-3-6-5-7(11)1-2-8(6)10/h1-2,5,11H,3-4H2. The predicted octanol–water partition coefficient (Wildman–Crippen LogP) is 2.98. The lowest BCUT2D eigenvalue weighted by atomic mass is 10.2. The predicted molar refractivity (Wildman–Crippen MR) is 50.6 cm³/mol. The van der Waals surface area contributed by atoms with E-state index in [1.807, 2.05) is 0 Å². The summed E-state index contributed by atoms with van der Waals surface area (Å²) in [5, 5.41) is 10.7. The zero-order valence-corrected chi connectivity index (χ0v) is 8.19. The molecule has 0 saturated carbocycles. The highest BCUT2D eigenvalue weighted by Crippen LogP contribution is 2.21. The van der Waals surface area contributed by atoms with Crippen LogP contribution in [0, 0.1) is 0 Å². The van der Waals surface area contributed by atoms with Crippen molar-refractivity contribution >= 4 is 27.5 Å². The molecule has 0 unspecified atom stereocenters. The highest BCUT2D eigenvalue weighted by atomic mass is 79.9. The van der Waals surface area contributed by atoms with Gasteiger partial charge in [-0.2, -0.15) is 0 Å². The van der Waals surface area contributed by atoms with Gasteiger partial charge in [0.25, 0.3) is 0 Å². The van der Waals surface area contributed by atoms with E-state index in [1.165, 1.54) is 0 Å². The lowest BCUT2D eigenvalue weighted by Crippen LogP contribution is -1.86. The summed E-state index contributed by atoms with van der Waals surface area (Å²) in [5.41, 5.74) is 0.976. The van der Waals surface area contributed by atoms with Crippen LogP contribution in [0.4, 0.5) is 0 Å². The summed E-state index contributed by atoms with van der Waals surface area (Å²) >= 11 is 9.15. The maximum absolute atomic E-state index is 9.09. The Labute approximate surface area is 79.1 Å². The van der Waals surface area contributed by atoms with Crippen molar-refractivity contribution in [1.82, 2.24) is 0 Å². The number of alkyl halides is 1. The van der Waals surface area contributed by atoms with Crippen molar-refractivity contribution in [1.29, 1.82) is 0 Å². The molecule has 1 N–H and O–H groups in total. The molecule has 0 radical (unpaired) electrons. The Kier molecular flexibility index (Phi) is 3.21. The average molecular weight is 236 g/mol. The summed E-state index contributed by atoms with van der Waals surface area (Å²) in [5.74, 6) is 0.269. The fourth-order valence-electron chi connectivity index (χ4n) is 0.855. The lowest BCUT2D eigenvalue weighted by Gasteiger charge is -2.01.